The third-order valence-electron chi connectivity index (χ3n) is 3.29. The average Bonchev–Trinajstić information content (AvgIpc) is 2.98. The molecule has 3 rings (SSSR count). The van der Waals surface area contributed by atoms with Crippen LogP contribution in [0.1, 0.15) is 25.5 Å². The van der Waals surface area contributed by atoms with Gasteiger partial charge in [-0.1, -0.05) is 25.1 Å². The Kier molecular flexibility index (Phi) is 1.90. The van der Waals surface area contributed by atoms with Crippen LogP contribution in [0.25, 0.3) is 10.9 Å². The van der Waals surface area contributed by atoms with E-state index >= 15 is 0 Å². The van der Waals surface area contributed by atoms with Gasteiger partial charge < -0.3 is 0 Å². The number of pyridine rings is 1. The van der Waals surface area contributed by atoms with Gasteiger partial charge in [0, 0.05) is 21.0 Å². The first kappa shape index (κ1) is 9.34. The van der Waals surface area contributed by atoms with Crippen molar-refractivity contribution >= 4 is 26.8 Å². The summed E-state index contributed by atoms with van der Waals surface area (Å²) in [6.45, 7) is 2.29. The quantitative estimate of drug-likeness (QED) is 0.755. The number of rotatable bonds is 1. The van der Waals surface area contributed by atoms with E-state index in [0.717, 1.165) is 9.99 Å². The minimum Gasteiger partial charge on any atom is -0.251 e. The van der Waals surface area contributed by atoms with Crippen LogP contribution in [0.2, 0.25) is 0 Å². The largest absolute Gasteiger partial charge is 0.251 e. The zero-order chi connectivity index (χ0) is 10.5. The van der Waals surface area contributed by atoms with Crippen LogP contribution in [0.15, 0.2) is 34.8 Å². The molecule has 2 aromatic rings. The molecule has 1 aliphatic carbocycles. The van der Waals surface area contributed by atoms with Crippen molar-refractivity contribution in [3.63, 3.8) is 0 Å². The number of nitrogens with zero attached hydrogens (tertiary/aromatic N) is 1. The van der Waals surface area contributed by atoms with Crippen molar-refractivity contribution in [3.05, 3.63) is 40.5 Å². The number of benzene rings is 1. The molecule has 0 aliphatic heterocycles. The van der Waals surface area contributed by atoms with Crippen molar-refractivity contribution in [3.8, 4) is 0 Å². The molecule has 0 N–H and O–H groups in total. The molecular formula is C13H12BrN. The Morgan fingerprint density at radius 3 is 2.73 bits per heavy atom. The predicted octanol–water partition coefficient (Wildman–Crippen LogP) is 4.05. The first-order chi connectivity index (χ1) is 7.19. The topological polar surface area (TPSA) is 12.9 Å². The number of fused-ring (bicyclic) bond motifs is 1. The van der Waals surface area contributed by atoms with Crippen molar-refractivity contribution in [1.82, 2.24) is 4.98 Å². The van der Waals surface area contributed by atoms with Crippen LogP contribution < -0.4 is 0 Å². The standard InChI is InChI=1S/C13H12BrN/c1-13(7-8-13)11-6-5-9-3-2-4-10(14)12(9)15-11/h2-6H,7-8H2,1H3. The van der Waals surface area contributed by atoms with Gasteiger partial charge >= 0.3 is 0 Å². The van der Waals surface area contributed by atoms with Gasteiger partial charge in [0.25, 0.3) is 0 Å². The lowest BCUT2D eigenvalue weighted by atomic mass is 10.0. The second-order valence-corrected chi connectivity index (χ2v) is 5.42. The summed E-state index contributed by atoms with van der Waals surface area (Å²) in [7, 11) is 0. The van der Waals surface area contributed by atoms with Gasteiger partial charge in [0.05, 0.1) is 5.52 Å². The molecule has 1 aromatic carbocycles. The van der Waals surface area contributed by atoms with E-state index < -0.39 is 0 Å². The first-order valence-electron chi connectivity index (χ1n) is 5.25. The van der Waals surface area contributed by atoms with Gasteiger partial charge in [0.2, 0.25) is 0 Å². The molecule has 1 aromatic heterocycles. The SMILES string of the molecule is CC1(c2ccc3cccc(Br)c3n2)CC1. The molecule has 1 fully saturated rings. The van der Waals surface area contributed by atoms with E-state index in [1.807, 2.05) is 12.1 Å². The summed E-state index contributed by atoms with van der Waals surface area (Å²) in [5.74, 6) is 0. The molecule has 0 saturated heterocycles. The predicted molar refractivity (Wildman–Crippen MR) is 66.0 cm³/mol. The molecule has 0 unspecified atom stereocenters. The monoisotopic (exact) mass is 261 g/mol. The highest BCUT2D eigenvalue weighted by molar-refractivity contribution is 9.10. The van der Waals surface area contributed by atoms with Gasteiger partial charge in [-0.2, -0.15) is 0 Å². The molecule has 1 heterocycles. The minimum absolute atomic E-state index is 0.351. The summed E-state index contributed by atoms with van der Waals surface area (Å²) >= 11 is 3.56. The fourth-order valence-corrected chi connectivity index (χ4v) is 2.36. The zero-order valence-electron chi connectivity index (χ0n) is 8.63. The van der Waals surface area contributed by atoms with E-state index in [1.165, 1.54) is 23.9 Å². The minimum atomic E-state index is 0.351. The van der Waals surface area contributed by atoms with E-state index in [0.29, 0.717) is 5.41 Å². The highest BCUT2D eigenvalue weighted by Crippen LogP contribution is 2.47. The van der Waals surface area contributed by atoms with Gasteiger partial charge in [0.15, 0.2) is 0 Å². The summed E-state index contributed by atoms with van der Waals surface area (Å²) in [4.78, 5) is 4.76. The highest BCUT2D eigenvalue weighted by atomic mass is 79.9. The number of aromatic nitrogens is 1. The van der Waals surface area contributed by atoms with Crippen LogP contribution in [0.5, 0.6) is 0 Å². The van der Waals surface area contributed by atoms with Crippen LogP contribution in [-0.2, 0) is 5.41 Å². The molecule has 0 atom stereocenters. The molecule has 0 spiro atoms. The third-order valence-corrected chi connectivity index (χ3v) is 3.93. The summed E-state index contributed by atoms with van der Waals surface area (Å²) in [5, 5.41) is 1.21. The number of halogens is 1. The van der Waals surface area contributed by atoms with Crippen LogP contribution in [0.3, 0.4) is 0 Å². The fourth-order valence-electron chi connectivity index (χ4n) is 1.89. The first-order valence-corrected chi connectivity index (χ1v) is 6.04. The van der Waals surface area contributed by atoms with Gasteiger partial charge in [-0.3, -0.25) is 4.98 Å². The van der Waals surface area contributed by atoms with Crippen LogP contribution in [0.4, 0.5) is 0 Å². The van der Waals surface area contributed by atoms with E-state index in [1.54, 1.807) is 0 Å². The molecule has 2 heteroatoms. The number of hydrogen-bond acceptors (Lipinski definition) is 1. The second kappa shape index (κ2) is 3.05. The lowest BCUT2D eigenvalue weighted by Gasteiger charge is -2.09. The van der Waals surface area contributed by atoms with Gasteiger partial charge in [-0.25, -0.2) is 0 Å². The Balaban J connectivity index is 2.25. The Hall–Kier alpha value is -0.890. The van der Waals surface area contributed by atoms with Crippen molar-refractivity contribution in [1.29, 1.82) is 0 Å². The Bertz CT molecular complexity index is 529. The third kappa shape index (κ3) is 1.48. The Morgan fingerprint density at radius 2 is 2.00 bits per heavy atom. The molecule has 0 bridgehead atoms. The van der Waals surface area contributed by atoms with Crippen molar-refractivity contribution in [2.45, 2.75) is 25.2 Å². The van der Waals surface area contributed by atoms with Crippen LogP contribution >= 0.6 is 15.9 Å². The van der Waals surface area contributed by atoms with Crippen molar-refractivity contribution < 1.29 is 0 Å². The maximum atomic E-state index is 4.76. The van der Waals surface area contributed by atoms with E-state index in [9.17, 15) is 0 Å². The van der Waals surface area contributed by atoms with Gasteiger partial charge in [0.1, 0.15) is 0 Å². The summed E-state index contributed by atoms with van der Waals surface area (Å²) in [5.41, 5.74) is 2.67. The normalized spacial score (nSPS) is 18.0. The molecule has 0 amide bonds. The van der Waals surface area contributed by atoms with Crippen LogP contribution in [-0.4, -0.2) is 4.98 Å². The number of hydrogen-bond donors (Lipinski definition) is 0. The highest BCUT2D eigenvalue weighted by Gasteiger charge is 2.40. The zero-order valence-corrected chi connectivity index (χ0v) is 10.2. The lowest BCUT2D eigenvalue weighted by Crippen LogP contribution is -2.02. The molecule has 76 valence electrons. The van der Waals surface area contributed by atoms with Gasteiger partial charge in [-0.05, 0) is 40.9 Å². The molecule has 1 nitrogen and oxygen atoms in total. The Morgan fingerprint density at radius 1 is 1.20 bits per heavy atom. The molecule has 1 aliphatic rings. The second-order valence-electron chi connectivity index (χ2n) is 4.57. The average molecular weight is 262 g/mol. The Labute approximate surface area is 97.7 Å². The number of para-hydroxylation sites is 1. The summed E-state index contributed by atoms with van der Waals surface area (Å²) in [6.07, 6.45) is 2.55. The van der Waals surface area contributed by atoms with Gasteiger partial charge in [-0.15, -0.1) is 0 Å². The molecule has 1 saturated carbocycles. The van der Waals surface area contributed by atoms with Crippen LogP contribution in [0, 0.1) is 0 Å². The van der Waals surface area contributed by atoms with E-state index in [2.05, 4.69) is 41.1 Å². The molecular weight excluding hydrogens is 250 g/mol. The molecule has 0 radical (unpaired) electrons. The smallest absolute Gasteiger partial charge is 0.0847 e. The van der Waals surface area contributed by atoms with E-state index in [-0.39, 0.29) is 0 Å². The van der Waals surface area contributed by atoms with E-state index in [4.69, 9.17) is 4.98 Å². The maximum absolute atomic E-state index is 4.76. The summed E-state index contributed by atoms with van der Waals surface area (Å²) < 4.78 is 1.09. The maximum Gasteiger partial charge on any atom is 0.0847 e. The lowest BCUT2D eigenvalue weighted by molar-refractivity contribution is 0.755. The van der Waals surface area contributed by atoms with Crippen molar-refractivity contribution in [2.75, 3.05) is 0 Å². The fraction of sp³-hybridized carbons (Fsp3) is 0.308. The molecule has 15 heavy (non-hydrogen) atoms. The van der Waals surface area contributed by atoms with Crippen molar-refractivity contribution in [2.24, 2.45) is 0 Å². The summed E-state index contributed by atoms with van der Waals surface area (Å²) in [6, 6.07) is 10.5.